The van der Waals surface area contributed by atoms with Gasteiger partial charge in [-0.05, 0) is 44.4 Å². The Bertz CT molecular complexity index is 718. The van der Waals surface area contributed by atoms with Gasteiger partial charge in [0.1, 0.15) is 5.75 Å². The summed E-state index contributed by atoms with van der Waals surface area (Å²) >= 11 is 0. The van der Waals surface area contributed by atoms with Crippen molar-refractivity contribution in [2.75, 3.05) is 20.2 Å². The van der Waals surface area contributed by atoms with Crippen LogP contribution in [0.25, 0.3) is 0 Å². The molecule has 7 heteroatoms. The Hall–Kier alpha value is -2.41. The number of carbonyl (C=O) groups is 1. The fourth-order valence-corrected chi connectivity index (χ4v) is 3.23. The lowest BCUT2D eigenvalue weighted by Gasteiger charge is -2.31. The number of hydrogen-bond acceptors (Lipinski definition) is 5. The van der Waals surface area contributed by atoms with Crippen LogP contribution < -0.4 is 10.1 Å². The third kappa shape index (κ3) is 4.60. The molecule has 1 aromatic heterocycles. The first-order valence-electron chi connectivity index (χ1n) is 9.13. The highest BCUT2D eigenvalue weighted by molar-refractivity contribution is 5.91. The molecule has 2 aromatic rings. The molecule has 0 radical (unpaired) electrons. The Morgan fingerprint density at radius 1 is 1.27 bits per heavy atom. The van der Waals surface area contributed by atoms with E-state index < -0.39 is 0 Å². The first-order chi connectivity index (χ1) is 12.5. The number of benzene rings is 1. The summed E-state index contributed by atoms with van der Waals surface area (Å²) < 4.78 is 7.05. The van der Waals surface area contributed by atoms with Crippen molar-refractivity contribution < 1.29 is 9.53 Å². The summed E-state index contributed by atoms with van der Waals surface area (Å²) in [5, 5.41) is 11.0. The Labute approximate surface area is 154 Å². The third-order valence-corrected chi connectivity index (χ3v) is 4.66. The van der Waals surface area contributed by atoms with E-state index in [1.165, 1.54) is 5.56 Å². The second-order valence-electron chi connectivity index (χ2n) is 7.07. The highest BCUT2D eigenvalue weighted by Gasteiger charge is 2.23. The van der Waals surface area contributed by atoms with Crippen LogP contribution in [-0.2, 0) is 6.54 Å². The van der Waals surface area contributed by atoms with Crippen molar-refractivity contribution in [1.29, 1.82) is 0 Å². The molecule has 0 atom stereocenters. The van der Waals surface area contributed by atoms with Gasteiger partial charge >= 0.3 is 0 Å². The van der Waals surface area contributed by atoms with E-state index in [2.05, 4.69) is 32.7 Å². The number of piperidine rings is 1. The van der Waals surface area contributed by atoms with Crippen LogP contribution in [0.15, 0.2) is 30.5 Å². The van der Waals surface area contributed by atoms with Gasteiger partial charge in [0.05, 0.1) is 19.3 Å². The Kier molecular flexibility index (Phi) is 5.88. The number of carbonyl (C=O) groups excluding carboxylic acids is 1. The maximum absolute atomic E-state index is 12.0. The average molecular weight is 357 g/mol. The van der Waals surface area contributed by atoms with E-state index in [0.717, 1.165) is 38.2 Å². The zero-order valence-corrected chi connectivity index (χ0v) is 15.7. The number of ether oxygens (including phenoxy) is 1. The van der Waals surface area contributed by atoms with Gasteiger partial charge in [0.2, 0.25) is 0 Å². The van der Waals surface area contributed by atoms with E-state index in [1.54, 1.807) is 13.3 Å². The number of aromatic nitrogens is 3. The highest BCUT2D eigenvalue weighted by Crippen LogP contribution is 2.23. The monoisotopic (exact) mass is 357 g/mol. The minimum Gasteiger partial charge on any atom is -0.497 e. The van der Waals surface area contributed by atoms with Crippen LogP contribution in [0, 0.1) is 0 Å². The highest BCUT2D eigenvalue weighted by atomic mass is 16.5. The van der Waals surface area contributed by atoms with E-state index in [4.69, 9.17) is 4.74 Å². The summed E-state index contributed by atoms with van der Waals surface area (Å²) in [6, 6.07) is 8.62. The SMILES string of the molecule is COc1ccc(CN2CCC(n3cc(C(=O)NC(C)C)nn3)CC2)cc1. The smallest absolute Gasteiger partial charge is 0.273 e. The van der Waals surface area contributed by atoms with Crippen molar-refractivity contribution >= 4 is 5.91 Å². The average Bonchev–Trinajstić information content (AvgIpc) is 3.13. The van der Waals surface area contributed by atoms with Gasteiger partial charge in [0.15, 0.2) is 5.69 Å². The largest absolute Gasteiger partial charge is 0.497 e. The number of methoxy groups -OCH3 is 1. The minimum atomic E-state index is -0.164. The molecule has 0 bridgehead atoms. The van der Waals surface area contributed by atoms with Gasteiger partial charge in [-0.2, -0.15) is 0 Å². The summed E-state index contributed by atoms with van der Waals surface area (Å²) in [6.45, 7) is 6.81. The molecule has 140 valence electrons. The lowest BCUT2D eigenvalue weighted by molar-refractivity contribution is 0.0938. The Morgan fingerprint density at radius 2 is 1.96 bits per heavy atom. The molecule has 0 unspecified atom stereocenters. The molecule has 1 aromatic carbocycles. The fourth-order valence-electron chi connectivity index (χ4n) is 3.23. The zero-order valence-electron chi connectivity index (χ0n) is 15.7. The molecule has 1 aliphatic heterocycles. The van der Waals surface area contributed by atoms with Crippen LogP contribution in [-0.4, -0.2) is 52.0 Å². The molecular weight excluding hydrogens is 330 g/mol. The van der Waals surface area contributed by atoms with Crippen LogP contribution in [0.4, 0.5) is 0 Å². The van der Waals surface area contributed by atoms with Crippen molar-refractivity contribution in [3.63, 3.8) is 0 Å². The van der Waals surface area contributed by atoms with Gasteiger partial charge in [0.25, 0.3) is 5.91 Å². The van der Waals surface area contributed by atoms with E-state index >= 15 is 0 Å². The first kappa shape index (κ1) is 18.4. The number of nitrogens with zero attached hydrogens (tertiary/aromatic N) is 4. The second kappa shape index (κ2) is 8.31. The number of amides is 1. The summed E-state index contributed by atoms with van der Waals surface area (Å²) in [4.78, 5) is 14.5. The second-order valence-corrected chi connectivity index (χ2v) is 7.07. The number of hydrogen-bond donors (Lipinski definition) is 1. The van der Waals surface area contributed by atoms with Crippen LogP contribution in [0.2, 0.25) is 0 Å². The number of nitrogens with one attached hydrogen (secondary N) is 1. The minimum absolute atomic E-state index is 0.0915. The predicted molar refractivity (Wildman–Crippen MR) is 99.2 cm³/mol. The molecule has 1 aliphatic rings. The Balaban J connectivity index is 1.52. The zero-order chi connectivity index (χ0) is 18.5. The van der Waals surface area contributed by atoms with Crippen LogP contribution in [0.3, 0.4) is 0 Å². The summed E-state index contributed by atoms with van der Waals surface area (Å²) in [7, 11) is 1.68. The van der Waals surface area contributed by atoms with Crippen molar-refractivity contribution in [2.45, 2.75) is 45.3 Å². The van der Waals surface area contributed by atoms with Crippen LogP contribution in [0.1, 0.15) is 48.8 Å². The molecule has 3 rings (SSSR count). The standard InChI is InChI=1S/C19H27N5O2/c1-14(2)20-19(25)18-13-24(22-21-18)16-8-10-23(11-9-16)12-15-4-6-17(26-3)7-5-15/h4-7,13-14,16H,8-12H2,1-3H3,(H,20,25). The summed E-state index contributed by atoms with van der Waals surface area (Å²) in [5.74, 6) is 0.721. The van der Waals surface area contributed by atoms with Crippen molar-refractivity contribution in [2.24, 2.45) is 0 Å². The summed E-state index contributed by atoms with van der Waals surface area (Å²) in [5.41, 5.74) is 1.68. The van der Waals surface area contributed by atoms with Gasteiger partial charge in [0, 0.05) is 25.7 Å². The topological polar surface area (TPSA) is 72.3 Å². The van der Waals surface area contributed by atoms with Gasteiger partial charge in [-0.15, -0.1) is 5.10 Å². The molecule has 1 saturated heterocycles. The molecule has 0 saturated carbocycles. The van der Waals surface area contributed by atoms with Crippen LogP contribution in [0.5, 0.6) is 5.75 Å². The summed E-state index contributed by atoms with van der Waals surface area (Å²) in [6.07, 6.45) is 3.77. The van der Waals surface area contributed by atoms with Crippen LogP contribution >= 0.6 is 0 Å². The van der Waals surface area contributed by atoms with Gasteiger partial charge in [-0.3, -0.25) is 9.69 Å². The van der Waals surface area contributed by atoms with Crippen molar-refractivity contribution in [3.05, 3.63) is 41.7 Å². The fraction of sp³-hybridized carbons (Fsp3) is 0.526. The van der Waals surface area contributed by atoms with E-state index in [1.807, 2.05) is 30.7 Å². The third-order valence-electron chi connectivity index (χ3n) is 4.66. The predicted octanol–water partition coefficient (Wildman–Crippen LogP) is 2.26. The normalized spacial score (nSPS) is 16.0. The molecular formula is C19H27N5O2. The Morgan fingerprint density at radius 3 is 2.58 bits per heavy atom. The van der Waals surface area contributed by atoms with E-state index in [-0.39, 0.29) is 11.9 Å². The number of likely N-dealkylation sites (tertiary alicyclic amines) is 1. The lowest BCUT2D eigenvalue weighted by atomic mass is 10.0. The molecule has 7 nitrogen and oxygen atoms in total. The molecule has 1 N–H and O–H groups in total. The maximum Gasteiger partial charge on any atom is 0.273 e. The molecule has 26 heavy (non-hydrogen) atoms. The molecule has 1 amide bonds. The molecule has 1 fully saturated rings. The lowest BCUT2D eigenvalue weighted by Crippen LogP contribution is -2.34. The van der Waals surface area contributed by atoms with Crippen molar-refractivity contribution in [3.8, 4) is 5.75 Å². The quantitative estimate of drug-likeness (QED) is 0.859. The van der Waals surface area contributed by atoms with Gasteiger partial charge in [-0.1, -0.05) is 17.3 Å². The van der Waals surface area contributed by atoms with Gasteiger partial charge in [-0.25, -0.2) is 4.68 Å². The van der Waals surface area contributed by atoms with E-state index in [0.29, 0.717) is 11.7 Å². The molecule has 0 aliphatic carbocycles. The number of rotatable bonds is 6. The first-order valence-corrected chi connectivity index (χ1v) is 9.13. The molecule has 2 heterocycles. The maximum atomic E-state index is 12.0. The van der Waals surface area contributed by atoms with Gasteiger partial charge < -0.3 is 10.1 Å². The van der Waals surface area contributed by atoms with Crippen molar-refractivity contribution in [1.82, 2.24) is 25.2 Å². The van der Waals surface area contributed by atoms with E-state index in [9.17, 15) is 4.79 Å². The molecule has 0 spiro atoms.